The Balaban J connectivity index is 1.01. The molecule has 0 fully saturated rings. The van der Waals surface area contributed by atoms with E-state index >= 15 is 0 Å². The summed E-state index contributed by atoms with van der Waals surface area (Å²) in [4.78, 5) is 2.40. The molecule has 0 bridgehead atoms. The maximum absolute atomic E-state index is 6.58. The number of aromatic nitrogens is 1. The smallest absolute Gasteiger partial charge is 0.143 e. The molecule has 0 N–H and O–H groups in total. The number of para-hydroxylation sites is 4. The third-order valence-electron chi connectivity index (χ3n) is 12.2. The molecule has 3 heteroatoms. The number of hydrogen-bond acceptors (Lipinski definition) is 2. The van der Waals surface area contributed by atoms with E-state index in [1.807, 2.05) is 0 Å². The van der Waals surface area contributed by atoms with Gasteiger partial charge in [0.15, 0.2) is 0 Å². The lowest BCUT2D eigenvalue weighted by atomic mass is 9.97. The van der Waals surface area contributed by atoms with Crippen molar-refractivity contribution in [1.29, 1.82) is 0 Å². The Kier molecular flexibility index (Phi) is 8.17. The lowest BCUT2D eigenvalue weighted by Gasteiger charge is -2.28. The Morgan fingerprint density at radius 1 is 0.361 bits per heavy atom. The topological polar surface area (TPSA) is 21.3 Å². The van der Waals surface area contributed by atoms with Crippen LogP contribution in [0.2, 0.25) is 0 Å². The van der Waals surface area contributed by atoms with Crippen molar-refractivity contribution in [3.8, 4) is 39.1 Å². The van der Waals surface area contributed by atoms with Crippen LogP contribution in [-0.2, 0) is 0 Å². The average Bonchev–Trinajstić information content (AvgIpc) is 3.89. The minimum atomic E-state index is 0.893. The molecule has 0 saturated carbocycles. The number of furan rings is 1. The molecule has 286 valence electrons. The molecule has 0 aliphatic rings. The summed E-state index contributed by atoms with van der Waals surface area (Å²) in [6, 6.07) is 82.9. The van der Waals surface area contributed by atoms with Crippen molar-refractivity contribution >= 4 is 71.6 Å². The molecule has 10 aromatic carbocycles. The molecule has 0 radical (unpaired) electrons. The number of fused-ring (bicyclic) bond motifs is 8. The molecule has 0 aliphatic heterocycles. The first-order valence-corrected chi connectivity index (χ1v) is 20.8. The number of benzene rings is 10. The first-order chi connectivity index (χ1) is 30.3. The van der Waals surface area contributed by atoms with Crippen LogP contribution in [0.3, 0.4) is 0 Å². The van der Waals surface area contributed by atoms with Gasteiger partial charge in [0, 0.05) is 38.3 Å². The van der Waals surface area contributed by atoms with Crippen LogP contribution >= 0.6 is 0 Å². The lowest BCUT2D eigenvalue weighted by molar-refractivity contribution is 0.673. The molecule has 0 aliphatic carbocycles. The zero-order valence-corrected chi connectivity index (χ0v) is 33.2. The quantitative estimate of drug-likeness (QED) is 0.161. The Morgan fingerprint density at radius 3 is 1.64 bits per heavy atom. The fraction of sp³-hybridized carbons (Fsp3) is 0. The van der Waals surface area contributed by atoms with Crippen LogP contribution in [0, 0.1) is 0 Å². The van der Waals surface area contributed by atoms with Crippen molar-refractivity contribution in [1.82, 2.24) is 4.57 Å². The van der Waals surface area contributed by atoms with Crippen molar-refractivity contribution in [2.45, 2.75) is 0 Å². The molecule has 12 rings (SSSR count). The summed E-state index contributed by atoms with van der Waals surface area (Å²) in [6.45, 7) is 0. The summed E-state index contributed by atoms with van der Waals surface area (Å²) in [5, 5.41) is 7.04. The molecule has 3 nitrogen and oxygen atoms in total. The van der Waals surface area contributed by atoms with Crippen LogP contribution in [0.25, 0.3) is 93.6 Å². The summed E-state index contributed by atoms with van der Waals surface area (Å²) in [6.07, 6.45) is 0. The summed E-state index contributed by atoms with van der Waals surface area (Å²) < 4.78 is 8.99. The molecule has 2 heterocycles. The predicted molar refractivity (Wildman–Crippen MR) is 257 cm³/mol. The molecule has 2 aromatic heterocycles. The molecule has 0 saturated heterocycles. The van der Waals surface area contributed by atoms with E-state index < -0.39 is 0 Å². The molecule has 0 spiro atoms. The molecule has 12 aromatic rings. The average molecular weight is 779 g/mol. The lowest BCUT2D eigenvalue weighted by Crippen LogP contribution is -2.13. The van der Waals surface area contributed by atoms with E-state index in [0.29, 0.717) is 0 Å². The van der Waals surface area contributed by atoms with Crippen molar-refractivity contribution < 1.29 is 4.42 Å². The third kappa shape index (κ3) is 5.82. The van der Waals surface area contributed by atoms with E-state index in [-0.39, 0.29) is 0 Å². The SMILES string of the molecule is c1ccc(-c2cccc(-c3ccc(N(c4ccc(-c5cccc6oc7c8ccccc8ccc7c56)cc4)c4ccccc4-n4c5ccccc5c5ccccc54)cc3)c2)cc1. The van der Waals surface area contributed by atoms with Gasteiger partial charge in [-0.2, -0.15) is 0 Å². The van der Waals surface area contributed by atoms with Gasteiger partial charge in [-0.05, 0) is 105 Å². The van der Waals surface area contributed by atoms with Crippen LogP contribution in [-0.4, -0.2) is 4.57 Å². The summed E-state index contributed by atoms with van der Waals surface area (Å²) in [5.41, 5.74) is 15.5. The minimum absolute atomic E-state index is 0.893. The van der Waals surface area contributed by atoms with Crippen LogP contribution in [0.1, 0.15) is 0 Å². The van der Waals surface area contributed by atoms with Crippen molar-refractivity contribution in [2.75, 3.05) is 4.90 Å². The van der Waals surface area contributed by atoms with Gasteiger partial charge in [0.05, 0.1) is 22.4 Å². The van der Waals surface area contributed by atoms with E-state index in [2.05, 4.69) is 240 Å². The van der Waals surface area contributed by atoms with Gasteiger partial charge in [0.2, 0.25) is 0 Å². The highest BCUT2D eigenvalue weighted by Gasteiger charge is 2.21. The van der Waals surface area contributed by atoms with E-state index in [1.54, 1.807) is 0 Å². The van der Waals surface area contributed by atoms with Gasteiger partial charge in [0.1, 0.15) is 11.2 Å². The van der Waals surface area contributed by atoms with E-state index in [0.717, 1.165) is 61.2 Å². The van der Waals surface area contributed by atoms with Crippen LogP contribution < -0.4 is 4.90 Å². The third-order valence-corrected chi connectivity index (χ3v) is 12.2. The number of rotatable bonds is 7. The molecule has 61 heavy (non-hydrogen) atoms. The number of nitrogens with zero attached hydrogens (tertiary/aromatic N) is 2. The first kappa shape index (κ1) is 34.9. The normalized spacial score (nSPS) is 11.6. The van der Waals surface area contributed by atoms with E-state index in [4.69, 9.17) is 4.42 Å². The monoisotopic (exact) mass is 778 g/mol. The zero-order chi connectivity index (χ0) is 40.3. The van der Waals surface area contributed by atoms with Crippen molar-refractivity contribution in [3.05, 3.63) is 231 Å². The molecule has 0 amide bonds. The zero-order valence-electron chi connectivity index (χ0n) is 33.2. The molecule has 0 atom stereocenters. The highest BCUT2D eigenvalue weighted by Crippen LogP contribution is 2.44. The molecular weight excluding hydrogens is 741 g/mol. The second kappa shape index (κ2) is 14.3. The van der Waals surface area contributed by atoms with Gasteiger partial charge in [-0.15, -0.1) is 0 Å². The second-order valence-corrected chi connectivity index (χ2v) is 15.7. The predicted octanol–water partition coefficient (Wildman–Crippen LogP) is 16.3. The van der Waals surface area contributed by atoms with Crippen LogP contribution in [0.5, 0.6) is 0 Å². The maximum atomic E-state index is 6.58. The van der Waals surface area contributed by atoms with E-state index in [9.17, 15) is 0 Å². The molecular formula is C58H38N2O. The van der Waals surface area contributed by atoms with Gasteiger partial charge >= 0.3 is 0 Å². The van der Waals surface area contributed by atoms with Gasteiger partial charge < -0.3 is 13.9 Å². The van der Waals surface area contributed by atoms with Gasteiger partial charge in [-0.25, -0.2) is 0 Å². The van der Waals surface area contributed by atoms with Gasteiger partial charge in [0.25, 0.3) is 0 Å². The minimum Gasteiger partial charge on any atom is -0.455 e. The standard InChI is InChI=1S/C58H38N2O/c1-2-14-39(15-3-1)43-17-12-18-44(38-43)40-28-33-45(34-29-40)59(54-25-10-11-26-55(54)60-52-23-8-6-20-49(52)50-21-7-9-24-53(50)60)46-35-30-42(31-36-46)47-22-13-27-56-57(47)51-37-32-41-16-4-5-19-48(41)58(51)61-56/h1-38H. The van der Waals surface area contributed by atoms with Gasteiger partial charge in [-0.3, -0.25) is 0 Å². The summed E-state index contributed by atoms with van der Waals surface area (Å²) >= 11 is 0. The Bertz CT molecular complexity index is 3520. The molecule has 0 unspecified atom stereocenters. The Morgan fingerprint density at radius 2 is 0.918 bits per heavy atom. The number of hydrogen-bond donors (Lipinski definition) is 0. The largest absolute Gasteiger partial charge is 0.455 e. The highest BCUT2D eigenvalue weighted by atomic mass is 16.3. The van der Waals surface area contributed by atoms with E-state index in [1.165, 1.54) is 49.4 Å². The van der Waals surface area contributed by atoms with Crippen molar-refractivity contribution in [2.24, 2.45) is 0 Å². The van der Waals surface area contributed by atoms with Gasteiger partial charge in [-0.1, -0.05) is 164 Å². The highest BCUT2D eigenvalue weighted by molar-refractivity contribution is 6.19. The fourth-order valence-electron chi connectivity index (χ4n) is 9.35. The second-order valence-electron chi connectivity index (χ2n) is 15.7. The summed E-state index contributed by atoms with van der Waals surface area (Å²) in [7, 11) is 0. The first-order valence-electron chi connectivity index (χ1n) is 20.8. The summed E-state index contributed by atoms with van der Waals surface area (Å²) in [5.74, 6) is 0. The van der Waals surface area contributed by atoms with Crippen LogP contribution in [0.15, 0.2) is 235 Å². The number of anilines is 3. The maximum Gasteiger partial charge on any atom is 0.143 e. The Labute approximate surface area is 353 Å². The van der Waals surface area contributed by atoms with Crippen LogP contribution in [0.4, 0.5) is 17.1 Å². The fourth-order valence-corrected chi connectivity index (χ4v) is 9.35. The Hall–Kier alpha value is -8.14. The van der Waals surface area contributed by atoms with Crippen molar-refractivity contribution in [3.63, 3.8) is 0 Å².